The van der Waals surface area contributed by atoms with Crippen molar-refractivity contribution >= 4 is 6.41 Å². The van der Waals surface area contributed by atoms with Gasteiger partial charge in [0.2, 0.25) is 6.41 Å². The number of rotatable bonds is 3. The average molecular weight is 304 g/mol. The average Bonchev–Trinajstić information content (AvgIpc) is 3.33. The summed E-state index contributed by atoms with van der Waals surface area (Å²) < 4.78 is 12.4. The molecule has 0 aromatic heterocycles. The van der Waals surface area contributed by atoms with E-state index in [0.717, 1.165) is 44.5 Å². The molecule has 1 aliphatic heterocycles. The van der Waals surface area contributed by atoms with E-state index >= 15 is 0 Å². The van der Waals surface area contributed by atoms with Gasteiger partial charge in [0.25, 0.3) is 0 Å². The maximum atomic E-state index is 12.4. The van der Waals surface area contributed by atoms with Crippen LogP contribution in [0.15, 0.2) is 24.3 Å². The third-order valence-corrected chi connectivity index (χ3v) is 5.01. The molecule has 0 spiro atoms. The van der Waals surface area contributed by atoms with Gasteiger partial charge < -0.3 is 4.90 Å². The first-order valence-corrected chi connectivity index (χ1v) is 8.45. The predicted octanol–water partition coefficient (Wildman–Crippen LogP) is 3.02. The monoisotopic (exact) mass is 304 g/mol. The van der Waals surface area contributed by atoms with Crippen LogP contribution in [0.3, 0.4) is 0 Å². The molecule has 4 rings (SSSR count). The third-order valence-electron chi connectivity index (χ3n) is 5.01. The third kappa shape index (κ3) is 4.07. The van der Waals surface area contributed by atoms with Crippen molar-refractivity contribution in [1.82, 2.24) is 9.80 Å². The van der Waals surface area contributed by atoms with Gasteiger partial charge in [-0.1, -0.05) is 18.6 Å². The molecular formula is C18H25FN2O. The molecule has 2 saturated carbocycles. The summed E-state index contributed by atoms with van der Waals surface area (Å²) in [7, 11) is 0. The Kier molecular flexibility index (Phi) is 5.08. The highest BCUT2D eigenvalue weighted by Crippen LogP contribution is 2.39. The summed E-state index contributed by atoms with van der Waals surface area (Å²) in [4.78, 5) is 14.8. The lowest BCUT2D eigenvalue weighted by Crippen LogP contribution is -2.51. The Morgan fingerprint density at radius 3 is 2.05 bits per heavy atom. The van der Waals surface area contributed by atoms with Gasteiger partial charge in [0.05, 0.1) is 0 Å². The van der Waals surface area contributed by atoms with Gasteiger partial charge in [-0.3, -0.25) is 9.69 Å². The summed E-state index contributed by atoms with van der Waals surface area (Å²) in [6.07, 6.45) is 7.69. The molecule has 1 heterocycles. The number of hydrogen-bond acceptors (Lipinski definition) is 2. The second-order valence-electron chi connectivity index (χ2n) is 6.59. The van der Waals surface area contributed by atoms with E-state index in [-0.39, 0.29) is 5.82 Å². The second kappa shape index (κ2) is 7.23. The van der Waals surface area contributed by atoms with Gasteiger partial charge in [-0.15, -0.1) is 0 Å². The molecule has 120 valence electrons. The van der Waals surface area contributed by atoms with Crippen molar-refractivity contribution in [3.63, 3.8) is 0 Å². The first kappa shape index (κ1) is 15.5. The van der Waals surface area contributed by atoms with Crippen LogP contribution in [-0.2, 0) is 4.79 Å². The first-order chi connectivity index (χ1) is 10.8. The zero-order chi connectivity index (χ0) is 15.4. The van der Waals surface area contributed by atoms with Gasteiger partial charge in [0.15, 0.2) is 0 Å². The number of carbonyl (C=O) groups is 1. The van der Waals surface area contributed by atoms with E-state index in [1.165, 1.54) is 49.8 Å². The van der Waals surface area contributed by atoms with Crippen LogP contribution >= 0.6 is 0 Å². The Morgan fingerprint density at radius 2 is 1.59 bits per heavy atom. The summed E-state index contributed by atoms with van der Waals surface area (Å²) in [5.74, 6) is 0.602. The SMILES string of the molecule is Fc1ccc(C2CC2)cc1.O=CN1CCN(C2CCC2)CC1. The highest BCUT2D eigenvalue weighted by atomic mass is 19.1. The Labute approximate surface area is 132 Å². The number of piperazine rings is 1. The van der Waals surface area contributed by atoms with Gasteiger partial charge in [0.1, 0.15) is 5.82 Å². The van der Waals surface area contributed by atoms with Crippen molar-refractivity contribution in [3.05, 3.63) is 35.6 Å². The fraction of sp³-hybridized carbons (Fsp3) is 0.611. The van der Waals surface area contributed by atoms with Crippen LogP contribution < -0.4 is 0 Å². The van der Waals surface area contributed by atoms with Crippen molar-refractivity contribution in [1.29, 1.82) is 0 Å². The van der Waals surface area contributed by atoms with Crippen molar-refractivity contribution in [2.75, 3.05) is 26.2 Å². The molecule has 3 fully saturated rings. The van der Waals surface area contributed by atoms with Crippen LogP contribution in [0, 0.1) is 5.82 Å². The Balaban J connectivity index is 0.000000133. The number of carbonyl (C=O) groups excluding carboxylic acids is 1. The Hall–Kier alpha value is -1.42. The molecular weight excluding hydrogens is 279 g/mol. The van der Waals surface area contributed by atoms with Crippen LogP contribution in [0.1, 0.15) is 43.6 Å². The van der Waals surface area contributed by atoms with E-state index < -0.39 is 0 Å². The predicted molar refractivity (Wildman–Crippen MR) is 85.2 cm³/mol. The Morgan fingerprint density at radius 1 is 0.955 bits per heavy atom. The van der Waals surface area contributed by atoms with Crippen LogP contribution in [0.5, 0.6) is 0 Å². The van der Waals surface area contributed by atoms with Crippen LogP contribution in [-0.4, -0.2) is 48.4 Å². The standard InChI is InChI=1S/C9H9F.C9H16N2O/c10-9-5-3-8(4-6-9)7-1-2-7;12-8-10-4-6-11(7-5-10)9-2-1-3-9/h3-7H,1-2H2;8-9H,1-7H2. The Bertz CT molecular complexity index is 474. The van der Waals surface area contributed by atoms with E-state index in [1.807, 2.05) is 17.0 Å². The molecule has 1 saturated heterocycles. The van der Waals surface area contributed by atoms with Gasteiger partial charge in [-0.2, -0.15) is 0 Å². The van der Waals surface area contributed by atoms with Crippen molar-refractivity contribution < 1.29 is 9.18 Å². The van der Waals surface area contributed by atoms with Crippen molar-refractivity contribution in [3.8, 4) is 0 Å². The van der Waals surface area contributed by atoms with E-state index in [9.17, 15) is 9.18 Å². The number of amides is 1. The zero-order valence-electron chi connectivity index (χ0n) is 13.1. The van der Waals surface area contributed by atoms with E-state index in [1.54, 1.807) is 0 Å². The highest BCUT2D eigenvalue weighted by molar-refractivity contribution is 5.47. The molecule has 0 unspecified atom stereocenters. The number of benzene rings is 1. The maximum absolute atomic E-state index is 12.4. The maximum Gasteiger partial charge on any atom is 0.209 e. The van der Waals surface area contributed by atoms with Gasteiger partial charge >= 0.3 is 0 Å². The summed E-state index contributed by atoms with van der Waals surface area (Å²) in [6, 6.07) is 7.68. The molecule has 3 nitrogen and oxygen atoms in total. The minimum atomic E-state index is -0.135. The normalized spacial score (nSPS) is 22.5. The lowest BCUT2D eigenvalue weighted by Gasteiger charge is -2.42. The minimum Gasteiger partial charge on any atom is -0.343 e. The van der Waals surface area contributed by atoms with Crippen molar-refractivity contribution in [2.45, 2.75) is 44.1 Å². The summed E-state index contributed by atoms with van der Waals surface area (Å²) in [6.45, 7) is 4.03. The molecule has 0 atom stereocenters. The molecule has 22 heavy (non-hydrogen) atoms. The molecule has 1 amide bonds. The minimum absolute atomic E-state index is 0.135. The number of hydrogen-bond donors (Lipinski definition) is 0. The van der Waals surface area contributed by atoms with E-state index in [2.05, 4.69) is 4.90 Å². The lowest BCUT2D eigenvalue weighted by molar-refractivity contribution is -0.120. The van der Waals surface area contributed by atoms with Gasteiger partial charge in [0, 0.05) is 32.2 Å². The smallest absolute Gasteiger partial charge is 0.209 e. The molecule has 2 aliphatic carbocycles. The molecule has 1 aromatic rings. The summed E-state index contributed by atoms with van der Waals surface area (Å²) in [5.41, 5.74) is 1.29. The summed E-state index contributed by atoms with van der Waals surface area (Å²) >= 11 is 0. The van der Waals surface area contributed by atoms with E-state index in [4.69, 9.17) is 0 Å². The number of halogens is 1. The second-order valence-corrected chi connectivity index (χ2v) is 6.59. The van der Waals surface area contributed by atoms with Crippen LogP contribution in [0.2, 0.25) is 0 Å². The van der Waals surface area contributed by atoms with E-state index in [0.29, 0.717) is 0 Å². The molecule has 3 aliphatic rings. The van der Waals surface area contributed by atoms with Crippen molar-refractivity contribution in [2.24, 2.45) is 0 Å². The zero-order valence-corrected chi connectivity index (χ0v) is 13.1. The molecule has 0 N–H and O–H groups in total. The summed E-state index contributed by atoms with van der Waals surface area (Å²) in [5, 5.41) is 0. The topological polar surface area (TPSA) is 23.6 Å². The molecule has 0 bridgehead atoms. The fourth-order valence-corrected chi connectivity index (χ4v) is 3.11. The van der Waals surface area contributed by atoms with Crippen LogP contribution in [0.4, 0.5) is 4.39 Å². The van der Waals surface area contributed by atoms with Gasteiger partial charge in [-0.25, -0.2) is 4.39 Å². The highest BCUT2D eigenvalue weighted by Gasteiger charge is 2.27. The lowest BCUT2D eigenvalue weighted by atomic mass is 9.91. The first-order valence-electron chi connectivity index (χ1n) is 8.45. The molecule has 1 aromatic carbocycles. The quantitative estimate of drug-likeness (QED) is 0.802. The number of nitrogens with zero attached hydrogens (tertiary/aromatic N) is 2. The van der Waals surface area contributed by atoms with Crippen LogP contribution in [0.25, 0.3) is 0 Å². The van der Waals surface area contributed by atoms with Gasteiger partial charge in [-0.05, 0) is 49.3 Å². The largest absolute Gasteiger partial charge is 0.343 e. The molecule has 4 heteroatoms. The molecule has 0 radical (unpaired) electrons. The fourth-order valence-electron chi connectivity index (χ4n) is 3.11.